The number of morpholine rings is 1. The Morgan fingerprint density at radius 3 is 2.25 bits per heavy atom. The Hall–Kier alpha value is -2.05. The monoisotopic (exact) mass is 490 g/mol. The average molecular weight is 491 g/mol. The second kappa shape index (κ2) is 9.84. The fourth-order valence-electron chi connectivity index (χ4n) is 3.53. The smallest absolute Gasteiger partial charge is 0.475 e. The predicted molar refractivity (Wildman–Crippen MR) is 101 cm³/mol. The van der Waals surface area contributed by atoms with Crippen LogP contribution in [0.25, 0.3) is 0 Å². The third kappa shape index (κ3) is 6.26. The molecule has 2 heterocycles. The van der Waals surface area contributed by atoms with Gasteiger partial charge >= 0.3 is 18.3 Å². The van der Waals surface area contributed by atoms with E-state index in [0.29, 0.717) is 37.2 Å². The number of benzene rings is 1. The molecule has 1 saturated heterocycles. The maximum absolute atomic E-state index is 13.0. The number of hydrogen-bond donors (Lipinski definition) is 2. The summed E-state index contributed by atoms with van der Waals surface area (Å²) in [5.41, 5.74) is 0.385. The first-order chi connectivity index (χ1) is 14.6. The summed E-state index contributed by atoms with van der Waals surface area (Å²) in [5, 5.41) is 10.3. The molecule has 13 heteroatoms. The minimum absolute atomic E-state index is 0.0471. The molecule has 0 unspecified atom stereocenters. The maximum atomic E-state index is 13.0. The highest BCUT2D eigenvalue weighted by Crippen LogP contribution is 2.40. The molecule has 0 bridgehead atoms. The van der Waals surface area contributed by atoms with Gasteiger partial charge in [0.2, 0.25) is 0 Å². The third-order valence-corrected chi connectivity index (χ3v) is 5.32. The molecule has 6 nitrogen and oxygen atoms in total. The van der Waals surface area contributed by atoms with E-state index in [1.807, 2.05) is 6.92 Å². The van der Waals surface area contributed by atoms with Gasteiger partial charge in [0.05, 0.1) is 17.7 Å². The van der Waals surface area contributed by atoms with Crippen molar-refractivity contribution in [2.75, 3.05) is 19.6 Å². The van der Waals surface area contributed by atoms with Crippen molar-refractivity contribution in [3.8, 4) is 0 Å². The van der Waals surface area contributed by atoms with Gasteiger partial charge < -0.3 is 20.1 Å². The molecule has 1 aromatic carbocycles. The van der Waals surface area contributed by atoms with Crippen LogP contribution in [0, 0.1) is 0 Å². The fourth-order valence-corrected chi connectivity index (χ4v) is 3.93. The molecular weight excluding hydrogens is 470 g/mol. The predicted octanol–water partition coefficient (Wildman–Crippen LogP) is 3.81. The summed E-state index contributed by atoms with van der Waals surface area (Å²) in [7, 11) is 0. The molecule has 0 spiro atoms. The first-order valence-electron chi connectivity index (χ1n) is 9.49. The van der Waals surface area contributed by atoms with E-state index in [2.05, 4.69) is 5.32 Å². The van der Waals surface area contributed by atoms with Crippen LogP contribution < -0.4 is 5.32 Å². The quantitative estimate of drug-likeness (QED) is 0.585. The number of alkyl halides is 6. The average Bonchev–Trinajstić information content (AvgIpc) is 2.66. The number of nitrogens with one attached hydrogen (secondary N) is 1. The summed E-state index contributed by atoms with van der Waals surface area (Å²) in [6.45, 7) is 5.14. The molecule has 0 aliphatic carbocycles. The van der Waals surface area contributed by atoms with E-state index in [0.717, 1.165) is 12.1 Å². The van der Waals surface area contributed by atoms with Crippen LogP contribution in [0.4, 0.5) is 26.3 Å². The van der Waals surface area contributed by atoms with Crippen LogP contribution in [0.15, 0.2) is 12.1 Å². The minimum Gasteiger partial charge on any atom is -0.475 e. The molecule has 2 aliphatic heterocycles. The number of fused-ring (bicyclic) bond motifs is 1. The van der Waals surface area contributed by atoms with Gasteiger partial charge in [-0.05, 0) is 43.5 Å². The Morgan fingerprint density at radius 2 is 1.75 bits per heavy atom. The molecule has 2 N–H and O–H groups in total. The Kier molecular flexibility index (Phi) is 8.05. The number of amides is 1. The van der Waals surface area contributed by atoms with Gasteiger partial charge in [-0.2, -0.15) is 26.3 Å². The summed E-state index contributed by atoms with van der Waals surface area (Å²) in [5.74, 6) is -2.92. The number of nitrogens with zero attached hydrogens (tertiary/aromatic N) is 1. The zero-order chi connectivity index (χ0) is 24.4. The number of carbonyl (C=O) groups excluding carboxylic acids is 1. The second-order valence-electron chi connectivity index (χ2n) is 7.38. The van der Waals surface area contributed by atoms with Gasteiger partial charge in [-0.1, -0.05) is 11.6 Å². The van der Waals surface area contributed by atoms with Crippen molar-refractivity contribution in [2.45, 2.75) is 50.9 Å². The van der Waals surface area contributed by atoms with Crippen molar-refractivity contribution in [1.29, 1.82) is 0 Å². The molecule has 0 radical (unpaired) electrons. The van der Waals surface area contributed by atoms with Crippen LogP contribution in [0.3, 0.4) is 0 Å². The van der Waals surface area contributed by atoms with Gasteiger partial charge in [0.25, 0.3) is 5.91 Å². The van der Waals surface area contributed by atoms with Crippen LogP contribution in [-0.4, -0.2) is 59.9 Å². The lowest BCUT2D eigenvalue weighted by molar-refractivity contribution is -0.192. The van der Waals surface area contributed by atoms with Gasteiger partial charge in [0, 0.05) is 24.7 Å². The summed E-state index contributed by atoms with van der Waals surface area (Å²) in [6, 6.07) is 1.68. The normalized spacial score (nSPS) is 23.7. The Bertz CT molecular complexity index is 861. The molecule has 1 amide bonds. The SMILES string of the molecule is C[C@H]1CNC[C@H](C(=O)N2CCc3cc(C(F)(F)F)cc(Cl)c3[C@@H]2C)O1.O=C(O)C(F)(F)F. The number of carboxylic acids is 1. The van der Waals surface area contributed by atoms with Crippen molar-refractivity contribution in [2.24, 2.45) is 0 Å². The number of ether oxygens (including phenoxy) is 1. The van der Waals surface area contributed by atoms with Crippen molar-refractivity contribution in [3.05, 3.63) is 33.8 Å². The minimum atomic E-state index is -5.08. The zero-order valence-electron chi connectivity index (χ0n) is 17.0. The standard InChI is InChI=1S/C17H20ClF3N2O2.C2HF3O2/c1-9-7-22-8-14(25-9)16(24)23-4-3-11-5-12(17(19,20)21)6-13(18)15(11)10(23)2;3-2(4,5)1(6)7/h5-6,9-10,14,22H,3-4,7-8H2,1-2H3;(H,6,7)/t9-,10-,14+;/m0./s1. The van der Waals surface area contributed by atoms with Gasteiger partial charge in [-0.15, -0.1) is 0 Å². The van der Waals surface area contributed by atoms with E-state index in [1.165, 1.54) is 0 Å². The van der Waals surface area contributed by atoms with Crippen molar-refractivity contribution < 1.29 is 45.8 Å². The Morgan fingerprint density at radius 1 is 1.16 bits per heavy atom. The van der Waals surface area contributed by atoms with Crippen LogP contribution in [0.1, 0.15) is 36.6 Å². The number of rotatable bonds is 1. The third-order valence-electron chi connectivity index (χ3n) is 5.01. The van der Waals surface area contributed by atoms with Crippen LogP contribution in [-0.2, 0) is 26.9 Å². The highest BCUT2D eigenvalue weighted by Gasteiger charge is 2.39. The van der Waals surface area contributed by atoms with Crippen molar-refractivity contribution in [1.82, 2.24) is 10.2 Å². The van der Waals surface area contributed by atoms with E-state index in [1.54, 1.807) is 11.8 Å². The lowest BCUT2D eigenvalue weighted by Crippen LogP contribution is -2.53. The summed E-state index contributed by atoms with van der Waals surface area (Å²) in [6.07, 6.45) is -9.83. The van der Waals surface area contributed by atoms with Gasteiger partial charge in [-0.3, -0.25) is 4.79 Å². The number of aliphatic carboxylic acids is 1. The number of halogens is 7. The summed E-state index contributed by atoms with van der Waals surface area (Å²) >= 11 is 6.15. The van der Waals surface area contributed by atoms with Crippen molar-refractivity contribution in [3.63, 3.8) is 0 Å². The molecule has 0 aromatic heterocycles. The van der Waals surface area contributed by atoms with Gasteiger partial charge in [-0.25, -0.2) is 4.79 Å². The van der Waals surface area contributed by atoms with Crippen LogP contribution in [0.2, 0.25) is 5.02 Å². The van der Waals surface area contributed by atoms with Crippen LogP contribution in [0.5, 0.6) is 0 Å². The zero-order valence-corrected chi connectivity index (χ0v) is 17.7. The summed E-state index contributed by atoms with van der Waals surface area (Å²) < 4.78 is 76.4. The van der Waals surface area contributed by atoms with Crippen molar-refractivity contribution >= 4 is 23.5 Å². The maximum Gasteiger partial charge on any atom is 0.490 e. The largest absolute Gasteiger partial charge is 0.490 e. The molecule has 1 fully saturated rings. The first-order valence-corrected chi connectivity index (χ1v) is 9.87. The fraction of sp³-hybridized carbons (Fsp3) is 0.579. The molecule has 2 aliphatic rings. The molecule has 3 atom stereocenters. The molecule has 32 heavy (non-hydrogen) atoms. The molecule has 180 valence electrons. The first kappa shape index (κ1) is 26.2. The molecule has 1 aromatic rings. The number of carbonyl (C=O) groups is 2. The van der Waals surface area contributed by atoms with E-state index < -0.39 is 36.0 Å². The number of carboxylic acid groups (broad SMARTS) is 1. The topological polar surface area (TPSA) is 78.9 Å². The van der Waals surface area contributed by atoms with E-state index in [4.69, 9.17) is 26.2 Å². The summed E-state index contributed by atoms with van der Waals surface area (Å²) in [4.78, 5) is 23.3. The lowest BCUT2D eigenvalue weighted by atomic mass is 9.91. The molecule has 0 saturated carbocycles. The van der Waals surface area contributed by atoms with Gasteiger partial charge in [0.15, 0.2) is 0 Å². The van der Waals surface area contributed by atoms with E-state index >= 15 is 0 Å². The van der Waals surface area contributed by atoms with E-state index in [-0.39, 0.29) is 17.0 Å². The lowest BCUT2D eigenvalue weighted by Gasteiger charge is -2.39. The highest BCUT2D eigenvalue weighted by molar-refractivity contribution is 6.31. The molecular formula is C19H21ClF6N2O4. The van der Waals surface area contributed by atoms with Gasteiger partial charge in [0.1, 0.15) is 6.10 Å². The molecule has 3 rings (SSSR count). The second-order valence-corrected chi connectivity index (χ2v) is 7.79. The Balaban J connectivity index is 0.000000451. The highest BCUT2D eigenvalue weighted by atomic mass is 35.5. The number of hydrogen-bond acceptors (Lipinski definition) is 4. The van der Waals surface area contributed by atoms with E-state index in [9.17, 15) is 31.1 Å². The Labute approximate surface area is 184 Å². The van der Waals surface area contributed by atoms with Crippen LogP contribution >= 0.6 is 11.6 Å².